The molecule has 0 fully saturated rings. The van der Waals surface area contributed by atoms with E-state index in [2.05, 4.69) is 46.4 Å². The zero-order valence-electron chi connectivity index (χ0n) is 10.6. The summed E-state index contributed by atoms with van der Waals surface area (Å²) in [4.78, 5) is 2.56. The highest BCUT2D eigenvalue weighted by Gasteiger charge is 2.18. The Hall–Kier alpha value is -0.350. The van der Waals surface area contributed by atoms with Gasteiger partial charge in [0.25, 0.3) is 0 Å². The summed E-state index contributed by atoms with van der Waals surface area (Å²) in [6.07, 6.45) is 0. The third-order valence-electron chi connectivity index (χ3n) is 2.98. The number of benzene rings is 1. The van der Waals surface area contributed by atoms with Crippen LogP contribution in [0.5, 0.6) is 0 Å². The van der Waals surface area contributed by atoms with Crippen molar-refractivity contribution >= 4 is 38.9 Å². The van der Waals surface area contributed by atoms with E-state index in [1.807, 2.05) is 20.0 Å². The maximum absolute atomic E-state index is 6.42. The van der Waals surface area contributed by atoms with Gasteiger partial charge in [-0.05, 0) is 54.0 Å². The van der Waals surface area contributed by atoms with Crippen LogP contribution >= 0.6 is 38.9 Å². The molecule has 0 aliphatic heterocycles. The molecule has 18 heavy (non-hydrogen) atoms. The van der Waals surface area contributed by atoms with Crippen LogP contribution in [0.2, 0.25) is 5.02 Å². The minimum absolute atomic E-state index is 0.146. The van der Waals surface area contributed by atoms with Gasteiger partial charge in [-0.3, -0.25) is 0 Å². The van der Waals surface area contributed by atoms with Crippen LogP contribution in [0.4, 0.5) is 0 Å². The first kappa shape index (κ1) is 14.1. The number of rotatable bonds is 3. The molecule has 0 spiro atoms. The molecule has 0 aliphatic carbocycles. The second-order valence-corrected chi connectivity index (χ2v) is 6.77. The van der Waals surface area contributed by atoms with E-state index in [1.165, 1.54) is 9.75 Å². The summed E-state index contributed by atoms with van der Waals surface area (Å²) in [6.45, 7) is 4.15. The first-order chi connectivity index (χ1) is 8.54. The van der Waals surface area contributed by atoms with Crippen LogP contribution in [0.3, 0.4) is 0 Å². The van der Waals surface area contributed by atoms with Gasteiger partial charge in [-0.1, -0.05) is 29.8 Å². The highest BCUT2D eigenvalue weighted by atomic mass is 79.9. The lowest BCUT2D eigenvalue weighted by atomic mass is 10.0. The Kier molecular flexibility index (Phi) is 4.49. The first-order valence-corrected chi connectivity index (χ1v) is 7.71. The predicted octanol–water partition coefficient (Wildman–Crippen LogP) is 5.09. The van der Waals surface area contributed by atoms with Crippen LogP contribution in [-0.4, -0.2) is 7.05 Å². The van der Waals surface area contributed by atoms with E-state index in [0.717, 1.165) is 20.6 Å². The molecule has 0 bridgehead atoms. The van der Waals surface area contributed by atoms with Crippen molar-refractivity contribution in [2.45, 2.75) is 19.9 Å². The van der Waals surface area contributed by atoms with Gasteiger partial charge in [0.2, 0.25) is 0 Å². The summed E-state index contributed by atoms with van der Waals surface area (Å²) in [6, 6.07) is 8.48. The summed E-state index contributed by atoms with van der Waals surface area (Å²) < 4.78 is 1.16. The van der Waals surface area contributed by atoms with Crippen molar-refractivity contribution in [3.8, 4) is 0 Å². The topological polar surface area (TPSA) is 12.0 Å². The third-order valence-corrected chi connectivity index (χ3v) is 5.70. The average Bonchev–Trinajstić information content (AvgIpc) is 2.66. The predicted molar refractivity (Wildman–Crippen MR) is 83.8 cm³/mol. The minimum Gasteiger partial charge on any atom is -0.309 e. The number of nitrogens with one attached hydrogen (secondary N) is 1. The van der Waals surface area contributed by atoms with Gasteiger partial charge in [0.15, 0.2) is 0 Å². The fourth-order valence-electron chi connectivity index (χ4n) is 1.97. The van der Waals surface area contributed by atoms with Crippen molar-refractivity contribution < 1.29 is 0 Å². The van der Waals surface area contributed by atoms with E-state index in [-0.39, 0.29) is 6.04 Å². The molecule has 0 saturated heterocycles. The highest BCUT2D eigenvalue weighted by molar-refractivity contribution is 9.10. The van der Waals surface area contributed by atoms with Crippen LogP contribution in [0, 0.1) is 13.8 Å². The molecule has 1 atom stereocenters. The fourth-order valence-corrected chi connectivity index (χ4v) is 3.89. The minimum atomic E-state index is 0.146. The number of hydrogen-bond donors (Lipinski definition) is 1. The quantitative estimate of drug-likeness (QED) is 0.818. The Labute approximate surface area is 125 Å². The smallest absolute Gasteiger partial charge is 0.0683 e. The number of halogens is 2. The van der Waals surface area contributed by atoms with Crippen LogP contribution < -0.4 is 5.32 Å². The molecular formula is C14H15BrClNS. The van der Waals surface area contributed by atoms with Gasteiger partial charge in [-0.2, -0.15) is 0 Å². The number of aryl methyl sites for hydroxylation is 2. The number of hydrogen-bond acceptors (Lipinski definition) is 2. The molecule has 96 valence electrons. The monoisotopic (exact) mass is 343 g/mol. The molecule has 1 unspecified atom stereocenters. The maximum atomic E-state index is 6.42. The highest BCUT2D eigenvalue weighted by Crippen LogP contribution is 2.36. The molecule has 1 aromatic carbocycles. The summed E-state index contributed by atoms with van der Waals surface area (Å²) in [7, 11) is 1.96. The van der Waals surface area contributed by atoms with Gasteiger partial charge in [0.1, 0.15) is 0 Å². The van der Waals surface area contributed by atoms with Crippen molar-refractivity contribution in [2.75, 3.05) is 7.05 Å². The standard InChI is InChI=1S/C14H15BrClNS/c1-8-5-4-6-10(13(8)16)14(17-3)12-7-11(15)9(2)18-12/h4-7,14,17H,1-3H3. The Morgan fingerprint density at radius 3 is 2.61 bits per heavy atom. The maximum Gasteiger partial charge on any atom is 0.0683 e. The van der Waals surface area contributed by atoms with Crippen molar-refractivity contribution in [1.29, 1.82) is 0 Å². The summed E-state index contributed by atoms with van der Waals surface area (Å²) in [5.74, 6) is 0. The summed E-state index contributed by atoms with van der Waals surface area (Å²) in [5, 5.41) is 4.19. The molecular weight excluding hydrogens is 330 g/mol. The van der Waals surface area contributed by atoms with E-state index in [0.29, 0.717) is 0 Å². The zero-order chi connectivity index (χ0) is 13.3. The van der Waals surface area contributed by atoms with Gasteiger partial charge < -0.3 is 5.32 Å². The first-order valence-electron chi connectivity index (χ1n) is 5.72. The summed E-state index contributed by atoms with van der Waals surface area (Å²) >= 11 is 11.8. The van der Waals surface area contributed by atoms with E-state index in [4.69, 9.17) is 11.6 Å². The molecule has 0 saturated carbocycles. The average molecular weight is 345 g/mol. The lowest BCUT2D eigenvalue weighted by Crippen LogP contribution is -2.17. The molecule has 0 aliphatic rings. The van der Waals surface area contributed by atoms with Gasteiger partial charge in [0.05, 0.1) is 6.04 Å². The Balaban J connectivity index is 2.48. The molecule has 4 heteroatoms. The second-order valence-electron chi connectivity index (χ2n) is 4.25. The molecule has 0 amide bonds. The fraction of sp³-hybridized carbons (Fsp3) is 0.286. The van der Waals surface area contributed by atoms with Gasteiger partial charge in [0, 0.05) is 19.2 Å². The second kappa shape index (κ2) is 5.74. The SMILES string of the molecule is CNC(c1cc(Br)c(C)s1)c1cccc(C)c1Cl. The molecule has 0 radical (unpaired) electrons. The number of thiophene rings is 1. The van der Waals surface area contributed by atoms with Crippen LogP contribution in [0.1, 0.15) is 26.9 Å². The largest absolute Gasteiger partial charge is 0.309 e. The lowest BCUT2D eigenvalue weighted by Gasteiger charge is -2.17. The van der Waals surface area contributed by atoms with E-state index >= 15 is 0 Å². The van der Waals surface area contributed by atoms with Crippen LogP contribution in [0.15, 0.2) is 28.7 Å². The van der Waals surface area contributed by atoms with Crippen molar-refractivity contribution in [2.24, 2.45) is 0 Å². The Morgan fingerprint density at radius 1 is 1.33 bits per heavy atom. The van der Waals surface area contributed by atoms with Gasteiger partial charge in [-0.25, -0.2) is 0 Å². The van der Waals surface area contributed by atoms with E-state index < -0.39 is 0 Å². The zero-order valence-corrected chi connectivity index (χ0v) is 13.7. The Bertz CT molecular complexity index is 545. The molecule has 2 aromatic rings. The molecule has 1 N–H and O–H groups in total. The van der Waals surface area contributed by atoms with E-state index in [1.54, 1.807) is 11.3 Å². The summed E-state index contributed by atoms with van der Waals surface area (Å²) in [5.41, 5.74) is 2.25. The van der Waals surface area contributed by atoms with Crippen molar-refractivity contribution in [1.82, 2.24) is 5.32 Å². The van der Waals surface area contributed by atoms with Crippen LogP contribution in [0.25, 0.3) is 0 Å². The van der Waals surface area contributed by atoms with Crippen LogP contribution in [-0.2, 0) is 0 Å². The van der Waals surface area contributed by atoms with Gasteiger partial charge in [-0.15, -0.1) is 11.3 Å². The van der Waals surface area contributed by atoms with Gasteiger partial charge >= 0.3 is 0 Å². The normalized spacial score (nSPS) is 12.7. The third kappa shape index (κ3) is 2.64. The van der Waals surface area contributed by atoms with Crippen molar-refractivity contribution in [3.63, 3.8) is 0 Å². The van der Waals surface area contributed by atoms with E-state index in [9.17, 15) is 0 Å². The molecule has 1 heterocycles. The lowest BCUT2D eigenvalue weighted by molar-refractivity contribution is 0.703. The molecule has 2 rings (SSSR count). The Morgan fingerprint density at radius 2 is 2.06 bits per heavy atom. The van der Waals surface area contributed by atoms with Crippen molar-refractivity contribution in [3.05, 3.63) is 54.6 Å². The molecule has 1 nitrogen and oxygen atoms in total. The molecule has 1 aromatic heterocycles.